The van der Waals surface area contributed by atoms with Crippen LogP contribution in [0.1, 0.15) is 45.1 Å². The molecule has 1 aromatic carbocycles. The first-order chi connectivity index (χ1) is 12.6. The Labute approximate surface area is 158 Å². The van der Waals surface area contributed by atoms with Crippen LogP contribution >= 0.6 is 0 Å². The van der Waals surface area contributed by atoms with E-state index in [1.54, 1.807) is 32.9 Å². The Morgan fingerprint density at radius 1 is 0.963 bits per heavy atom. The van der Waals surface area contributed by atoms with Gasteiger partial charge >= 0.3 is 18.0 Å². The number of rotatable bonds is 4. The minimum Gasteiger partial charge on any atom is -0.469 e. The molecule has 146 valence electrons. The third-order valence-electron chi connectivity index (χ3n) is 5.44. The van der Waals surface area contributed by atoms with E-state index in [9.17, 15) is 14.4 Å². The van der Waals surface area contributed by atoms with Crippen molar-refractivity contribution in [2.45, 2.75) is 45.1 Å². The molecule has 2 bridgehead atoms. The lowest BCUT2D eigenvalue weighted by atomic mass is 9.28. The second kappa shape index (κ2) is 6.25. The smallest absolute Gasteiger partial charge is 0.412 e. The van der Waals surface area contributed by atoms with Crippen LogP contribution in [0.5, 0.6) is 0 Å². The number of anilines is 1. The fraction of sp³-hybridized carbons (Fsp3) is 0.550. The summed E-state index contributed by atoms with van der Waals surface area (Å²) in [5.74, 6) is -0.871. The SMILES string of the molecule is COC(=O)C12CC(C(=O)OC)(C1)C2c1ccc(NC(=O)OC(C)(C)C)cc1. The van der Waals surface area contributed by atoms with E-state index in [-0.39, 0.29) is 17.9 Å². The normalized spacial score (nSPS) is 28.3. The molecule has 1 amide bonds. The zero-order valence-electron chi connectivity index (χ0n) is 16.3. The van der Waals surface area contributed by atoms with E-state index in [1.807, 2.05) is 12.1 Å². The highest BCUT2D eigenvalue weighted by Gasteiger charge is 2.83. The molecule has 0 spiro atoms. The Morgan fingerprint density at radius 2 is 1.44 bits per heavy atom. The van der Waals surface area contributed by atoms with Crippen LogP contribution in [0.3, 0.4) is 0 Å². The van der Waals surface area contributed by atoms with Gasteiger partial charge in [0.2, 0.25) is 0 Å². The highest BCUT2D eigenvalue weighted by atomic mass is 16.6. The molecule has 3 aliphatic rings. The van der Waals surface area contributed by atoms with Gasteiger partial charge in [-0.2, -0.15) is 0 Å². The van der Waals surface area contributed by atoms with E-state index in [0.29, 0.717) is 18.5 Å². The highest BCUT2D eigenvalue weighted by Crippen LogP contribution is 2.81. The quantitative estimate of drug-likeness (QED) is 0.642. The van der Waals surface area contributed by atoms with E-state index in [0.717, 1.165) is 5.56 Å². The maximum atomic E-state index is 12.3. The molecule has 0 saturated heterocycles. The van der Waals surface area contributed by atoms with E-state index < -0.39 is 22.5 Å². The monoisotopic (exact) mass is 375 g/mol. The van der Waals surface area contributed by atoms with Crippen molar-refractivity contribution in [1.29, 1.82) is 0 Å². The van der Waals surface area contributed by atoms with Crippen molar-refractivity contribution < 1.29 is 28.6 Å². The second-order valence-electron chi connectivity index (χ2n) is 8.33. The third-order valence-corrected chi connectivity index (χ3v) is 5.44. The van der Waals surface area contributed by atoms with Crippen LogP contribution in [0, 0.1) is 10.8 Å². The van der Waals surface area contributed by atoms with Gasteiger partial charge in [-0.3, -0.25) is 14.9 Å². The summed E-state index contributed by atoms with van der Waals surface area (Å²) in [6.07, 6.45) is 0.350. The zero-order chi connectivity index (χ0) is 20.0. The molecule has 0 radical (unpaired) electrons. The Kier molecular flexibility index (Phi) is 4.44. The molecule has 0 heterocycles. The molecule has 0 aliphatic heterocycles. The lowest BCUT2D eigenvalue weighted by Gasteiger charge is -2.72. The van der Waals surface area contributed by atoms with Gasteiger partial charge in [0.05, 0.1) is 25.0 Å². The average Bonchev–Trinajstić information content (AvgIpc) is 2.52. The first-order valence-corrected chi connectivity index (χ1v) is 8.85. The van der Waals surface area contributed by atoms with E-state index >= 15 is 0 Å². The van der Waals surface area contributed by atoms with Crippen molar-refractivity contribution in [2.24, 2.45) is 10.8 Å². The number of hydrogen-bond donors (Lipinski definition) is 1. The molecule has 27 heavy (non-hydrogen) atoms. The third kappa shape index (κ3) is 2.95. The predicted molar refractivity (Wildman–Crippen MR) is 97.2 cm³/mol. The standard InChI is InChI=1S/C20H25NO6/c1-18(2,3)27-17(24)21-13-8-6-12(7-9-13)14-19(15(22)25-4)10-20(14,11-19)16(23)26-5/h6-9,14H,10-11H2,1-5H3,(H,21,24). The number of carbonyl (C=O) groups excluding carboxylic acids is 3. The van der Waals surface area contributed by atoms with Crippen LogP contribution < -0.4 is 5.32 Å². The summed E-state index contributed by atoms with van der Waals surface area (Å²) in [5, 5.41) is 2.67. The maximum absolute atomic E-state index is 12.3. The molecule has 3 fully saturated rings. The second-order valence-corrected chi connectivity index (χ2v) is 8.33. The van der Waals surface area contributed by atoms with Crippen LogP contribution in [-0.2, 0) is 23.8 Å². The van der Waals surface area contributed by atoms with E-state index in [2.05, 4.69) is 5.32 Å². The number of ether oxygens (including phenoxy) is 3. The minimum absolute atomic E-state index is 0.277. The van der Waals surface area contributed by atoms with Gasteiger partial charge in [-0.1, -0.05) is 12.1 Å². The topological polar surface area (TPSA) is 90.9 Å². The molecular formula is C20H25NO6. The average molecular weight is 375 g/mol. The zero-order valence-corrected chi connectivity index (χ0v) is 16.3. The van der Waals surface area contributed by atoms with E-state index in [1.165, 1.54) is 14.2 Å². The van der Waals surface area contributed by atoms with Crippen molar-refractivity contribution in [3.63, 3.8) is 0 Å². The molecule has 7 nitrogen and oxygen atoms in total. The van der Waals surface area contributed by atoms with Crippen LogP contribution in [0.4, 0.5) is 10.5 Å². The molecule has 0 aromatic heterocycles. The van der Waals surface area contributed by atoms with Gasteiger partial charge in [-0.25, -0.2) is 4.79 Å². The maximum Gasteiger partial charge on any atom is 0.412 e. The van der Waals surface area contributed by atoms with Gasteiger partial charge in [-0.05, 0) is 51.3 Å². The molecule has 0 atom stereocenters. The van der Waals surface area contributed by atoms with Crippen molar-refractivity contribution in [3.05, 3.63) is 29.8 Å². The molecule has 0 unspecified atom stereocenters. The number of hydrogen-bond acceptors (Lipinski definition) is 6. The van der Waals surface area contributed by atoms with Gasteiger partial charge < -0.3 is 14.2 Å². The van der Waals surface area contributed by atoms with Gasteiger partial charge in [-0.15, -0.1) is 0 Å². The largest absolute Gasteiger partial charge is 0.469 e. The number of methoxy groups -OCH3 is 2. The summed E-state index contributed by atoms with van der Waals surface area (Å²) in [4.78, 5) is 36.5. The lowest BCUT2D eigenvalue weighted by Crippen LogP contribution is -2.74. The van der Waals surface area contributed by atoms with E-state index in [4.69, 9.17) is 14.2 Å². The molecule has 4 rings (SSSR count). The Hall–Kier alpha value is -2.57. The highest BCUT2D eigenvalue weighted by molar-refractivity contribution is 5.94. The number of nitrogens with one attached hydrogen (secondary N) is 1. The fourth-order valence-corrected chi connectivity index (χ4v) is 4.50. The Balaban J connectivity index is 1.78. The number of esters is 2. The lowest BCUT2D eigenvalue weighted by molar-refractivity contribution is -0.249. The first kappa shape index (κ1) is 19.2. The Morgan fingerprint density at radius 3 is 1.85 bits per heavy atom. The fourth-order valence-electron chi connectivity index (χ4n) is 4.50. The molecule has 1 aromatic rings. The summed E-state index contributed by atoms with van der Waals surface area (Å²) in [6, 6.07) is 7.08. The van der Waals surface area contributed by atoms with Gasteiger partial charge in [0.15, 0.2) is 0 Å². The van der Waals surface area contributed by atoms with Gasteiger partial charge in [0, 0.05) is 11.6 Å². The van der Waals surface area contributed by atoms with Crippen LogP contribution in [-0.4, -0.2) is 37.9 Å². The number of carbonyl (C=O) groups is 3. The van der Waals surface area contributed by atoms with Crippen molar-refractivity contribution >= 4 is 23.7 Å². The molecular weight excluding hydrogens is 350 g/mol. The summed E-state index contributed by atoms with van der Waals surface area (Å²) < 4.78 is 15.2. The summed E-state index contributed by atoms with van der Waals surface area (Å²) in [5.41, 5.74) is -0.499. The molecule has 3 aliphatic carbocycles. The molecule has 7 heteroatoms. The Bertz CT molecular complexity index is 743. The van der Waals surface area contributed by atoms with Crippen LogP contribution in [0.15, 0.2) is 24.3 Å². The molecule has 1 N–H and O–H groups in total. The van der Waals surface area contributed by atoms with Crippen LogP contribution in [0.25, 0.3) is 0 Å². The van der Waals surface area contributed by atoms with Gasteiger partial charge in [0.25, 0.3) is 0 Å². The van der Waals surface area contributed by atoms with Crippen molar-refractivity contribution in [1.82, 2.24) is 0 Å². The summed E-state index contributed by atoms with van der Waals surface area (Å²) in [6.45, 7) is 5.37. The number of benzene rings is 1. The van der Waals surface area contributed by atoms with Crippen molar-refractivity contribution in [2.75, 3.05) is 19.5 Å². The summed E-state index contributed by atoms with van der Waals surface area (Å²) >= 11 is 0. The summed E-state index contributed by atoms with van der Waals surface area (Å²) in [7, 11) is 2.72. The van der Waals surface area contributed by atoms with Crippen LogP contribution in [0.2, 0.25) is 0 Å². The van der Waals surface area contributed by atoms with Crippen molar-refractivity contribution in [3.8, 4) is 0 Å². The van der Waals surface area contributed by atoms with Gasteiger partial charge in [0.1, 0.15) is 5.60 Å². The first-order valence-electron chi connectivity index (χ1n) is 8.85. The number of amides is 1. The predicted octanol–water partition coefficient (Wildman–Crippen LogP) is 3.24. The molecule has 3 saturated carbocycles. The minimum atomic E-state index is -0.664.